The van der Waals surface area contributed by atoms with E-state index in [9.17, 15) is 13.2 Å². The molecule has 1 aromatic carbocycles. The Bertz CT molecular complexity index is 610. The van der Waals surface area contributed by atoms with Crippen molar-refractivity contribution in [3.05, 3.63) is 28.4 Å². The molecule has 3 nitrogen and oxygen atoms in total. The van der Waals surface area contributed by atoms with Gasteiger partial charge in [-0.2, -0.15) is 23.5 Å². The molecule has 0 aliphatic carbocycles. The van der Waals surface area contributed by atoms with E-state index in [1.165, 1.54) is 12.3 Å². The molecule has 0 spiro atoms. The van der Waals surface area contributed by atoms with Crippen LogP contribution in [0.4, 0.5) is 13.2 Å². The Morgan fingerprint density at radius 2 is 2.12 bits per heavy atom. The molecular formula is C10H5BrF3N3. The van der Waals surface area contributed by atoms with Crippen molar-refractivity contribution in [3.8, 4) is 6.07 Å². The predicted octanol–water partition coefficient (Wildman–Crippen LogP) is 3.34. The number of alkyl halides is 3. The maximum atomic E-state index is 12.8. The van der Waals surface area contributed by atoms with Gasteiger partial charge in [0.2, 0.25) is 0 Å². The molecule has 2 rings (SSSR count). The summed E-state index contributed by atoms with van der Waals surface area (Å²) in [7, 11) is 0. The van der Waals surface area contributed by atoms with Crippen LogP contribution in [0.15, 0.2) is 22.8 Å². The van der Waals surface area contributed by atoms with Crippen LogP contribution in [0.5, 0.6) is 0 Å². The zero-order valence-corrected chi connectivity index (χ0v) is 9.88. The molecule has 1 heterocycles. The summed E-state index contributed by atoms with van der Waals surface area (Å²) in [6, 6.07) is 4.08. The molecule has 2 aromatic rings. The Morgan fingerprint density at radius 3 is 2.71 bits per heavy atom. The number of aromatic nitrogens is 2. The normalized spacial score (nSPS) is 11.7. The molecule has 0 saturated heterocycles. The highest BCUT2D eigenvalue weighted by Crippen LogP contribution is 2.37. The minimum atomic E-state index is -4.47. The molecule has 17 heavy (non-hydrogen) atoms. The number of rotatable bonds is 1. The van der Waals surface area contributed by atoms with Gasteiger partial charge in [-0.25, -0.2) is 0 Å². The van der Waals surface area contributed by atoms with Crippen LogP contribution in [0.1, 0.15) is 5.56 Å². The number of halogens is 4. The minimum absolute atomic E-state index is 0.0755. The third kappa shape index (κ3) is 2.00. The molecule has 0 aliphatic rings. The van der Waals surface area contributed by atoms with Crippen molar-refractivity contribution in [2.24, 2.45) is 0 Å². The number of hydrogen-bond donors (Lipinski definition) is 0. The van der Waals surface area contributed by atoms with Gasteiger partial charge in [0.1, 0.15) is 6.54 Å². The number of hydrogen-bond acceptors (Lipinski definition) is 2. The predicted molar refractivity (Wildman–Crippen MR) is 58.0 cm³/mol. The zero-order valence-electron chi connectivity index (χ0n) is 8.29. The monoisotopic (exact) mass is 303 g/mol. The van der Waals surface area contributed by atoms with Gasteiger partial charge in [-0.15, -0.1) is 0 Å². The molecule has 0 radical (unpaired) electrons. The van der Waals surface area contributed by atoms with Gasteiger partial charge >= 0.3 is 6.18 Å². The lowest BCUT2D eigenvalue weighted by molar-refractivity contribution is -0.136. The first-order valence-corrected chi connectivity index (χ1v) is 5.32. The lowest BCUT2D eigenvalue weighted by Gasteiger charge is -2.10. The van der Waals surface area contributed by atoms with Crippen molar-refractivity contribution in [2.45, 2.75) is 12.7 Å². The van der Waals surface area contributed by atoms with Crippen molar-refractivity contribution in [3.63, 3.8) is 0 Å². The van der Waals surface area contributed by atoms with E-state index >= 15 is 0 Å². The standard InChI is InChI=1S/C10H5BrF3N3/c11-8-2-1-7(10(12,13)14)9-6(8)5-16-17(9)4-3-15/h1-2,5H,4H2. The number of benzene rings is 1. The van der Waals surface area contributed by atoms with Crippen LogP contribution in [-0.2, 0) is 12.7 Å². The van der Waals surface area contributed by atoms with Gasteiger partial charge < -0.3 is 0 Å². The molecule has 0 unspecified atom stereocenters. The second kappa shape index (κ2) is 4.04. The fourth-order valence-corrected chi connectivity index (χ4v) is 2.01. The number of fused-ring (bicyclic) bond motifs is 1. The third-order valence-electron chi connectivity index (χ3n) is 2.27. The van der Waals surface area contributed by atoms with E-state index in [4.69, 9.17) is 5.26 Å². The lowest BCUT2D eigenvalue weighted by atomic mass is 10.1. The van der Waals surface area contributed by atoms with Crippen molar-refractivity contribution in [1.29, 1.82) is 5.26 Å². The molecular weight excluding hydrogens is 299 g/mol. The van der Waals surface area contributed by atoms with Gasteiger partial charge in [0.05, 0.1) is 23.3 Å². The van der Waals surface area contributed by atoms with E-state index in [-0.39, 0.29) is 12.1 Å². The van der Waals surface area contributed by atoms with Crippen LogP contribution in [-0.4, -0.2) is 9.78 Å². The van der Waals surface area contributed by atoms with Gasteiger partial charge in [-0.3, -0.25) is 4.68 Å². The van der Waals surface area contributed by atoms with Crippen LogP contribution in [0.2, 0.25) is 0 Å². The van der Waals surface area contributed by atoms with Crippen LogP contribution < -0.4 is 0 Å². The first-order chi connectivity index (χ1) is 7.95. The maximum absolute atomic E-state index is 12.8. The first-order valence-electron chi connectivity index (χ1n) is 4.53. The highest BCUT2D eigenvalue weighted by atomic mass is 79.9. The molecule has 0 atom stereocenters. The van der Waals surface area contributed by atoms with Gasteiger partial charge in [0.15, 0.2) is 0 Å². The van der Waals surface area contributed by atoms with Crippen molar-refractivity contribution >= 4 is 26.8 Å². The van der Waals surface area contributed by atoms with Crippen molar-refractivity contribution in [1.82, 2.24) is 9.78 Å². The lowest BCUT2D eigenvalue weighted by Crippen LogP contribution is -2.09. The summed E-state index contributed by atoms with van der Waals surface area (Å²) in [4.78, 5) is 0. The smallest absolute Gasteiger partial charge is 0.250 e. The summed E-state index contributed by atoms with van der Waals surface area (Å²) in [6.07, 6.45) is -3.15. The zero-order chi connectivity index (χ0) is 12.6. The molecule has 0 bridgehead atoms. The summed E-state index contributed by atoms with van der Waals surface area (Å²) >= 11 is 3.16. The van der Waals surface area contributed by atoms with E-state index in [0.717, 1.165) is 10.7 Å². The molecule has 88 valence electrons. The molecule has 7 heteroatoms. The van der Waals surface area contributed by atoms with Gasteiger partial charge in [0.25, 0.3) is 0 Å². The highest BCUT2D eigenvalue weighted by molar-refractivity contribution is 9.10. The highest BCUT2D eigenvalue weighted by Gasteiger charge is 2.34. The van der Waals surface area contributed by atoms with E-state index in [1.807, 2.05) is 0 Å². The fraction of sp³-hybridized carbons (Fsp3) is 0.200. The van der Waals surface area contributed by atoms with E-state index in [1.54, 1.807) is 6.07 Å². The molecule has 0 aliphatic heterocycles. The van der Waals surface area contributed by atoms with Crippen LogP contribution in [0.25, 0.3) is 10.9 Å². The molecule has 0 amide bonds. The average molecular weight is 304 g/mol. The number of nitrogens with zero attached hydrogens (tertiary/aromatic N) is 3. The Kier molecular flexibility index (Phi) is 2.83. The SMILES string of the molecule is N#CCn1ncc2c(Br)ccc(C(F)(F)F)c21. The fourth-order valence-electron chi connectivity index (χ4n) is 1.59. The van der Waals surface area contributed by atoms with Gasteiger partial charge in [-0.05, 0) is 12.1 Å². The minimum Gasteiger partial charge on any atom is -0.250 e. The quantitative estimate of drug-likeness (QED) is 0.811. The van der Waals surface area contributed by atoms with Crippen molar-refractivity contribution in [2.75, 3.05) is 0 Å². The summed E-state index contributed by atoms with van der Waals surface area (Å²) in [6.45, 7) is -0.219. The largest absolute Gasteiger partial charge is 0.418 e. The Morgan fingerprint density at radius 1 is 1.41 bits per heavy atom. The first kappa shape index (κ1) is 11.9. The summed E-state index contributed by atoms with van der Waals surface area (Å²) < 4.78 is 40.0. The Balaban J connectivity index is 2.81. The van der Waals surface area contributed by atoms with Crippen LogP contribution in [0.3, 0.4) is 0 Å². The Hall–Kier alpha value is -1.55. The summed E-state index contributed by atoms with van der Waals surface area (Å²) in [5.41, 5.74) is -0.864. The summed E-state index contributed by atoms with van der Waals surface area (Å²) in [5.74, 6) is 0. The summed E-state index contributed by atoms with van der Waals surface area (Å²) in [5, 5.41) is 12.7. The van der Waals surface area contributed by atoms with Crippen LogP contribution in [0, 0.1) is 11.3 Å². The average Bonchev–Trinajstić information content (AvgIpc) is 2.62. The molecule has 0 N–H and O–H groups in total. The molecule has 1 aromatic heterocycles. The molecule has 0 saturated carbocycles. The van der Waals surface area contributed by atoms with Crippen molar-refractivity contribution < 1.29 is 13.2 Å². The van der Waals surface area contributed by atoms with Gasteiger partial charge in [0, 0.05) is 9.86 Å². The second-order valence-electron chi connectivity index (χ2n) is 3.32. The second-order valence-corrected chi connectivity index (χ2v) is 4.17. The topological polar surface area (TPSA) is 41.6 Å². The number of nitriles is 1. The van der Waals surface area contributed by atoms with Gasteiger partial charge in [-0.1, -0.05) is 15.9 Å². The Labute approximate surface area is 103 Å². The molecule has 0 fully saturated rings. The van der Waals surface area contributed by atoms with E-state index in [0.29, 0.717) is 9.86 Å². The van der Waals surface area contributed by atoms with Crippen LogP contribution >= 0.6 is 15.9 Å². The third-order valence-corrected chi connectivity index (χ3v) is 2.97. The van der Waals surface area contributed by atoms with E-state index in [2.05, 4.69) is 21.0 Å². The van der Waals surface area contributed by atoms with E-state index < -0.39 is 11.7 Å². The maximum Gasteiger partial charge on any atom is 0.418 e.